The van der Waals surface area contributed by atoms with Crippen molar-refractivity contribution in [1.29, 1.82) is 0 Å². The SMILES string of the molecule is CC(C)(C)NC(=O)c1c(-c2ccc(F)c(Cl)c2)nn2c1CN(C(N)=O)CC21COC1. The molecule has 0 radical (unpaired) electrons. The van der Waals surface area contributed by atoms with Gasteiger partial charge < -0.3 is 20.7 Å². The molecule has 3 heterocycles. The maximum atomic E-state index is 13.7. The summed E-state index contributed by atoms with van der Waals surface area (Å²) in [5.74, 6) is -0.908. The number of nitrogens with zero attached hydrogens (tertiary/aromatic N) is 3. The Morgan fingerprint density at radius 3 is 2.57 bits per heavy atom. The molecule has 2 aliphatic heterocycles. The summed E-state index contributed by atoms with van der Waals surface area (Å²) in [6.45, 7) is 6.75. The van der Waals surface area contributed by atoms with Gasteiger partial charge >= 0.3 is 6.03 Å². The van der Waals surface area contributed by atoms with Crippen LogP contribution in [0.15, 0.2) is 18.2 Å². The van der Waals surface area contributed by atoms with Crippen LogP contribution in [0.5, 0.6) is 0 Å². The molecule has 0 saturated carbocycles. The Labute approximate surface area is 178 Å². The van der Waals surface area contributed by atoms with E-state index in [2.05, 4.69) is 5.32 Å². The van der Waals surface area contributed by atoms with Crippen LogP contribution in [0, 0.1) is 5.82 Å². The van der Waals surface area contributed by atoms with Crippen molar-refractivity contribution in [1.82, 2.24) is 20.0 Å². The minimum atomic E-state index is -0.596. The molecule has 2 aromatic rings. The third-order valence-electron chi connectivity index (χ3n) is 5.22. The molecule has 2 aliphatic rings. The van der Waals surface area contributed by atoms with Gasteiger partial charge in [-0.25, -0.2) is 9.18 Å². The van der Waals surface area contributed by atoms with Crippen molar-refractivity contribution < 1.29 is 18.7 Å². The smallest absolute Gasteiger partial charge is 0.315 e. The van der Waals surface area contributed by atoms with E-state index in [9.17, 15) is 14.0 Å². The largest absolute Gasteiger partial charge is 0.376 e. The van der Waals surface area contributed by atoms with Gasteiger partial charge in [-0.15, -0.1) is 0 Å². The predicted molar refractivity (Wildman–Crippen MR) is 109 cm³/mol. The van der Waals surface area contributed by atoms with Crippen molar-refractivity contribution in [3.8, 4) is 11.3 Å². The number of carbonyl (C=O) groups excluding carboxylic acids is 2. The van der Waals surface area contributed by atoms with Crippen molar-refractivity contribution in [3.05, 3.63) is 40.3 Å². The third-order valence-corrected chi connectivity index (χ3v) is 5.51. The van der Waals surface area contributed by atoms with Crippen LogP contribution in [0.3, 0.4) is 0 Å². The second-order valence-electron chi connectivity index (χ2n) is 8.83. The van der Waals surface area contributed by atoms with Crippen molar-refractivity contribution in [2.24, 2.45) is 5.73 Å². The topological polar surface area (TPSA) is 102 Å². The fraction of sp³-hybridized carbons (Fsp3) is 0.450. The van der Waals surface area contributed by atoms with E-state index in [4.69, 9.17) is 27.2 Å². The Balaban J connectivity index is 1.92. The molecule has 1 aromatic carbocycles. The molecule has 1 fully saturated rings. The second-order valence-corrected chi connectivity index (χ2v) is 9.23. The number of benzene rings is 1. The van der Waals surface area contributed by atoms with E-state index < -0.39 is 22.9 Å². The van der Waals surface area contributed by atoms with Crippen molar-refractivity contribution in [3.63, 3.8) is 0 Å². The van der Waals surface area contributed by atoms with E-state index in [1.165, 1.54) is 23.1 Å². The van der Waals surface area contributed by atoms with Crippen LogP contribution in [0.4, 0.5) is 9.18 Å². The zero-order valence-electron chi connectivity index (χ0n) is 17.0. The van der Waals surface area contributed by atoms with Crippen LogP contribution in [-0.2, 0) is 16.8 Å². The summed E-state index contributed by atoms with van der Waals surface area (Å²) in [6.07, 6.45) is 0. The van der Waals surface area contributed by atoms with E-state index >= 15 is 0 Å². The molecule has 0 aliphatic carbocycles. The Morgan fingerprint density at radius 1 is 1.33 bits per heavy atom. The molecule has 4 rings (SSSR count). The lowest BCUT2D eigenvalue weighted by Gasteiger charge is -2.48. The van der Waals surface area contributed by atoms with Crippen molar-refractivity contribution in [2.45, 2.75) is 38.4 Å². The maximum absolute atomic E-state index is 13.7. The van der Waals surface area contributed by atoms with Gasteiger partial charge in [-0.3, -0.25) is 9.48 Å². The van der Waals surface area contributed by atoms with Crippen LogP contribution >= 0.6 is 11.6 Å². The number of nitrogens with one attached hydrogen (secondary N) is 1. The summed E-state index contributed by atoms with van der Waals surface area (Å²) < 4.78 is 20.9. The van der Waals surface area contributed by atoms with Crippen molar-refractivity contribution >= 4 is 23.5 Å². The number of fused-ring (bicyclic) bond motifs is 2. The lowest BCUT2D eigenvalue weighted by atomic mass is 9.93. The molecule has 30 heavy (non-hydrogen) atoms. The fourth-order valence-corrected chi connectivity index (χ4v) is 4.03. The number of primary amides is 1. The molecule has 10 heteroatoms. The van der Waals surface area contributed by atoms with E-state index in [1.807, 2.05) is 20.8 Å². The van der Waals surface area contributed by atoms with Crippen LogP contribution < -0.4 is 11.1 Å². The zero-order chi connectivity index (χ0) is 21.8. The van der Waals surface area contributed by atoms with Gasteiger partial charge in [0.05, 0.1) is 42.6 Å². The normalized spacial score (nSPS) is 17.4. The number of hydrogen-bond donors (Lipinski definition) is 2. The van der Waals surface area contributed by atoms with E-state index in [0.29, 0.717) is 42.3 Å². The number of carbonyl (C=O) groups is 2. The van der Waals surface area contributed by atoms with Crippen LogP contribution in [0.25, 0.3) is 11.3 Å². The number of halogens is 2. The number of hydrogen-bond acceptors (Lipinski definition) is 4. The van der Waals surface area contributed by atoms with Gasteiger partial charge in [-0.1, -0.05) is 11.6 Å². The lowest BCUT2D eigenvalue weighted by molar-refractivity contribution is -0.126. The molecule has 1 aromatic heterocycles. The number of ether oxygens (including phenoxy) is 1. The molecule has 3 N–H and O–H groups in total. The molecule has 0 atom stereocenters. The van der Waals surface area contributed by atoms with E-state index in [-0.39, 0.29) is 17.5 Å². The van der Waals surface area contributed by atoms with Gasteiger partial charge in [0.25, 0.3) is 5.91 Å². The second kappa shape index (κ2) is 6.95. The lowest BCUT2D eigenvalue weighted by Crippen LogP contribution is -2.63. The Kier molecular flexibility index (Phi) is 4.78. The maximum Gasteiger partial charge on any atom is 0.315 e. The number of amides is 3. The quantitative estimate of drug-likeness (QED) is 0.756. The molecule has 1 spiro atoms. The highest BCUT2D eigenvalue weighted by molar-refractivity contribution is 6.31. The molecular weight excluding hydrogens is 413 g/mol. The highest BCUT2D eigenvalue weighted by Gasteiger charge is 2.49. The first kappa shape index (κ1) is 20.6. The standard InChI is InChI=1S/C20H23ClFN5O3/c1-19(2,3)24-17(28)15-14-7-26(18(23)29)8-20(9-30-10-20)27(14)25-16(15)11-4-5-13(22)12(21)6-11/h4-6H,7-10H2,1-3H3,(H2,23,29)(H,24,28). The minimum absolute atomic E-state index is 0.0684. The summed E-state index contributed by atoms with van der Waals surface area (Å²) in [6, 6.07) is 3.62. The van der Waals surface area contributed by atoms with Crippen LogP contribution in [-0.4, -0.2) is 51.9 Å². The average Bonchev–Trinajstić information content (AvgIpc) is 3.00. The Morgan fingerprint density at radius 2 is 2.03 bits per heavy atom. The van der Waals surface area contributed by atoms with E-state index in [1.54, 1.807) is 4.68 Å². The Hall–Kier alpha value is -2.65. The van der Waals surface area contributed by atoms with Gasteiger partial charge in [-0.2, -0.15) is 5.10 Å². The molecule has 3 amide bonds. The van der Waals surface area contributed by atoms with Crippen LogP contribution in [0.1, 0.15) is 36.8 Å². The minimum Gasteiger partial charge on any atom is -0.376 e. The number of nitrogens with two attached hydrogens (primary N) is 1. The van der Waals surface area contributed by atoms with Gasteiger partial charge in [0, 0.05) is 11.1 Å². The van der Waals surface area contributed by atoms with Gasteiger partial charge in [-0.05, 0) is 39.0 Å². The number of urea groups is 1. The molecule has 0 unspecified atom stereocenters. The van der Waals surface area contributed by atoms with Crippen molar-refractivity contribution in [2.75, 3.05) is 19.8 Å². The van der Waals surface area contributed by atoms with E-state index in [0.717, 1.165) is 0 Å². The average molecular weight is 436 g/mol. The molecule has 160 valence electrons. The van der Waals surface area contributed by atoms with Gasteiger partial charge in [0.2, 0.25) is 0 Å². The summed E-state index contributed by atoms with van der Waals surface area (Å²) in [7, 11) is 0. The fourth-order valence-electron chi connectivity index (χ4n) is 3.84. The highest BCUT2D eigenvalue weighted by Crippen LogP contribution is 2.38. The number of aromatic nitrogens is 2. The number of rotatable bonds is 2. The summed E-state index contributed by atoms with van der Waals surface area (Å²) >= 11 is 5.99. The first-order valence-electron chi connectivity index (χ1n) is 9.53. The predicted octanol–water partition coefficient (Wildman–Crippen LogP) is 2.49. The zero-order valence-corrected chi connectivity index (χ0v) is 17.7. The first-order chi connectivity index (χ1) is 14.0. The highest BCUT2D eigenvalue weighted by atomic mass is 35.5. The van der Waals surface area contributed by atoms with Crippen LogP contribution in [0.2, 0.25) is 5.02 Å². The molecule has 8 nitrogen and oxygen atoms in total. The summed E-state index contributed by atoms with van der Waals surface area (Å²) in [5, 5.41) is 7.61. The monoisotopic (exact) mass is 435 g/mol. The third kappa shape index (κ3) is 3.41. The molecule has 1 saturated heterocycles. The first-order valence-corrected chi connectivity index (χ1v) is 9.91. The molecular formula is C20H23ClFN5O3. The Bertz CT molecular complexity index is 1040. The van der Waals surface area contributed by atoms with Gasteiger partial charge in [0.15, 0.2) is 0 Å². The van der Waals surface area contributed by atoms with Gasteiger partial charge in [0.1, 0.15) is 17.1 Å². The summed E-state index contributed by atoms with van der Waals surface area (Å²) in [5.41, 5.74) is 6.20. The molecule has 0 bridgehead atoms. The summed E-state index contributed by atoms with van der Waals surface area (Å²) in [4.78, 5) is 26.8.